The summed E-state index contributed by atoms with van der Waals surface area (Å²) < 4.78 is 0. The van der Waals surface area contributed by atoms with Crippen LogP contribution in [0.25, 0.3) is 0 Å². The van der Waals surface area contributed by atoms with E-state index in [-0.39, 0.29) is 0 Å². The summed E-state index contributed by atoms with van der Waals surface area (Å²) in [6, 6.07) is 2.48. The number of hydrogen-bond donors (Lipinski definition) is 1. The number of aromatic nitrogens is 1. The van der Waals surface area contributed by atoms with Crippen molar-refractivity contribution in [2.45, 2.75) is 18.9 Å². The van der Waals surface area contributed by atoms with E-state index in [4.69, 9.17) is 18.0 Å². The van der Waals surface area contributed by atoms with E-state index in [2.05, 4.69) is 28.9 Å². The molecule has 0 spiro atoms. The fourth-order valence-electron chi connectivity index (χ4n) is 2.44. The molecule has 1 aromatic heterocycles. The number of nitrogens with zero attached hydrogens (tertiary/aromatic N) is 3. The molecule has 1 atom stereocenters. The molecule has 0 aromatic carbocycles. The number of thiocarbonyl (C=S) groups is 1. The first-order valence-corrected chi connectivity index (χ1v) is 6.65. The predicted molar refractivity (Wildman–Crippen MR) is 79.0 cm³/mol. The lowest BCUT2D eigenvalue weighted by Gasteiger charge is -2.38. The van der Waals surface area contributed by atoms with Gasteiger partial charge in [-0.2, -0.15) is 0 Å². The van der Waals surface area contributed by atoms with Gasteiger partial charge in [-0.05, 0) is 33.0 Å². The molecule has 0 radical (unpaired) electrons. The fourth-order valence-corrected chi connectivity index (χ4v) is 2.61. The van der Waals surface area contributed by atoms with Crippen molar-refractivity contribution in [3.05, 3.63) is 24.0 Å². The van der Waals surface area contributed by atoms with Gasteiger partial charge in [-0.25, -0.2) is 0 Å². The SMILES string of the molecule is CN(C)C1CCCN(c2cnccc2C(N)=S)C1. The van der Waals surface area contributed by atoms with Gasteiger partial charge in [-0.3, -0.25) is 4.98 Å². The first kappa shape index (κ1) is 13.2. The molecular weight excluding hydrogens is 244 g/mol. The molecular formula is C13H20N4S. The van der Waals surface area contributed by atoms with Crippen molar-refractivity contribution < 1.29 is 0 Å². The molecule has 2 heterocycles. The van der Waals surface area contributed by atoms with E-state index in [9.17, 15) is 0 Å². The average Bonchev–Trinajstić information content (AvgIpc) is 2.39. The highest BCUT2D eigenvalue weighted by Crippen LogP contribution is 2.24. The van der Waals surface area contributed by atoms with Crippen LogP contribution in [0.5, 0.6) is 0 Å². The molecule has 18 heavy (non-hydrogen) atoms. The molecule has 4 nitrogen and oxygen atoms in total. The molecule has 1 unspecified atom stereocenters. The predicted octanol–water partition coefficient (Wildman–Crippen LogP) is 1.25. The van der Waals surface area contributed by atoms with Gasteiger partial charge in [0.15, 0.2) is 0 Å². The molecule has 0 saturated carbocycles. The van der Waals surface area contributed by atoms with Crippen molar-refractivity contribution >= 4 is 22.9 Å². The Balaban J connectivity index is 2.23. The van der Waals surface area contributed by atoms with Crippen LogP contribution in [0.4, 0.5) is 5.69 Å². The number of anilines is 1. The van der Waals surface area contributed by atoms with Crippen LogP contribution >= 0.6 is 12.2 Å². The van der Waals surface area contributed by atoms with Crippen LogP contribution in [0.1, 0.15) is 18.4 Å². The smallest absolute Gasteiger partial charge is 0.106 e. The molecule has 0 aliphatic carbocycles. The Morgan fingerprint density at radius 1 is 1.56 bits per heavy atom. The lowest BCUT2D eigenvalue weighted by atomic mass is 10.0. The van der Waals surface area contributed by atoms with Gasteiger partial charge in [0.25, 0.3) is 0 Å². The minimum absolute atomic E-state index is 0.444. The van der Waals surface area contributed by atoms with Gasteiger partial charge in [0, 0.05) is 30.9 Å². The van der Waals surface area contributed by atoms with Crippen LogP contribution in [0.15, 0.2) is 18.5 Å². The molecule has 0 bridgehead atoms. The summed E-state index contributed by atoms with van der Waals surface area (Å²) in [6.45, 7) is 2.06. The van der Waals surface area contributed by atoms with Crippen LogP contribution in [0, 0.1) is 0 Å². The Morgan fingerprint density at radius 2 is 2.33 bits per heavy atom. The lowest BCUT2D eigenvalue weighted by Crippen LogP contribution is -2.45. The van der Waals surface area contributed by atoms with Gasteiger partial charge >= 0.3 is 0 Å². The largest absolute Gasteiger partial charge is 0.389 e. The Morgan fingerprint density at radius 3 is 3.00 bits per heavy atom. The van der Waals surface area contributed by atoms with Crippen molar-refractivity contribution in [2.75, 3.05) is 32.1 Å². The highest BCUT2D eigenvalue weighted by Gasteiger charge is 2.23. The third-order valence-electron chi connectivity index (χ3n) is 3.53. The zero-order valence-corrected chi connectivity index (χ0v) is 11.8. The molecule has 0 amide bonds. The average molecular weight is 264 g/mol. The van der Waals surface area contributed by atoms with Gasteiger partial charge in [-0.1, -0.05) is 12.2 Å². The molecule has 1 aliphatic rings. The zero-order chi connectivity index (χ0) is 13.1. The van der Waals surface area contributed by atoms with E-state index in [0.29, 0.717) is 11.0 Å². The second kappa shape index (κ2) is 5.63. The van der Waals surface area contributed by atoms with E-state index in [0.717, 1.165) is 24.3 Å². The van der Waals surface area contributed by atoms with Crippen molar-refractivity contribution in [1.29, 1.82) is 0 Å². The first-order valence-electron chi connectivity index (χ1n) is 6.25. The number of nitrogens with two attached hydrogens (primary N) is 1. The molecule has 1 fully saturated rings. The standard InChI is InChI=1S/C13H20N4S/c1-16(2)10-4-3-7-17(9-10)12-8-15-6-5-11(12)13(14)18/h5-6,8,10H,3-4,7,9H2,1-2H3,(H2,14,18). The lowest BCUT2D eigenvalue weighted by molar-refractivity contribution is 0.258. The third-order valence-corrected chi connectivity index (χ3v) is 3.75. The third kappa shape index (κ3) is 2.79. The molecule has 1 aromatic rings. The van der Waals surface area contributed by atoms with Crippen molar-refractivity contribution in [2.24, 2.45) is 5.73 Å². The maximum absolute atomic E-state index is 5.78. The molecule has 5 heteroatoms. The van der Waals surface area contributed by atoms with Gasteiger partial charge in [0.05, 0.1) is 11.9 Å². The second-order valence-electron chi connectivity index (χ2n) is 4.96. The van der Waals surface area contributed by atoms with E-state index >= 15 is 0 Å². The maximum Gasteiger partial charge on any atom is 0.106 e. The molecule has 1 saturated heterocycles. The van der Waals surface area contributed by atoms with Crippen LogP contribution in [0.3, 0.4) is 0 Å². The zero-order valence-electron chi connectivity index (χ0n) is 11.0. The number of hydrogen-bond acceptors (Lipinski definition) is 4. The summed E-state index contributed by atoms with van der Waals surface area (Å²) in [6.07, 6.45) is 6.04. The quantitative estimate of drug-likeness (QED) is 0.832. The van der Waals surface area contributed by atoms with Crippen LogP contribution < -0.4 is 10.6 Å². The van der Waals surface area contributed by atoms with Gasteiger partial charge < -0.3 is 15.5 Å². The van der Waals surface area contributed by atoms with Crippen LogP contribution in [-0.2, 0) is 0 Å². The Kier molecular flexibility index (Phi) is 4.14. The minimum Gasteiger partial charge on any atom is -0.389 e. The summed E-state index contributed by atoms with van der Waals surface area (Å²) in [5.41, 5.74) is 7.78. The summed E-state index contributed by atoms with van der Waals surface area (Å²) in [5.74, 6) is 0. The highest BCUT2D eigenvalue weighted by atomic mass is 32.1. The van der Waals surface area contributed by atoms with Gasteiger partial charge in [-0.15, -0.1) is 0 Å². The van der Waals surface area contributed by atoms with Crippen molar-refractivity contribution in [3.63, 3.8) is 0 Å². The summed E-state index contributed by atoms with van der Waals surface area (Å²) in [4.78, 5) is 9.27. The monoisotopic (exact) mass is 264 g/mol. The normalized spacial score (nSPS) is 20.2. The van der Waals surface area contributed by atoms with E-state index < -0.39 is 0 Å². The van der Waals surface area contributed by atoms with Crippen LogP contribution in [-0.4, -0.2) is 48.1 Å². The summed E-state index contributed by atoms with van der Waals surface area (Å²) in [7, 11) is 4.26. The fraction of sp³-hybridized carbons (Fsp3) is 0.538. The molecule has 98 valence electrons. The Labute approximate surface area is 114 Å². The summed E-state index contributed by atoms with van der Waals surface area (Å²) >= 11 is 5.11. The highest BCUT2D eigenvalue weighted by molar-refractivity contribution is 7.80. The van der Waals surface area contributed by atoms with Crippen LogP contribution in [0.2, 0.25) is 0 Å². The Bertz CT molecular complexity index is 433. The van der Waals surface area contributed by atoms with Crippen molar-refractivity contribution in [1.82, 2.24) is 9.88 Å². The second-order valence-corrected chi connectivity index (χ2v) is 5.40. The minimum atomic E-state index is 0.444. The summed E-state index contributed by atoms with van der Waals surface area (Å²) in [5, 5.41) is 0. The molecule has 2 rings (SSSR count). The van der Waals surface area contributed by atoms with E-state index in [1.807, 2.05) is 12.3 Å². The maximum atomic E-state index is 5.78. The number of likely N-dealkylation sites (N-methyl/N-ethyl adjacent to an activating group) is 1. The molecule has 1 aliphatic heterocycles. The van der Waals surface area contributed by atoms with Gasteiger partial charge in [0.1, 0.15) is 4.99 Å². The number of piperidine rings is 1. The van der Waals surface area contributed by atoms with E-state index in [1.165, 1.54) is 12.8 Å². The van der Waals surface area contributed by atoms with Gasteiger partial charge in [0.2, 0.25) is 0 Å². The Hall–Kier alpha value is -1.20. The first-order chi connectivity index (χ1) is 8.59. The van der Waals surface area contributed by atoms with Crippen molar-refractivity contribution in [3.8, 4) is 0 Å². The number of rotatable bonds is 3. The molecule has 2 N–H and O–H groups in total. The topological polar surface area (TPSA) is 45.4 Å². The van der Waals surface area contributed by atoms with E-state index in [1.54, 1.807) is 6.20 Å². The number of pyridine rings is 1.